The Bertz CT molecular complexity index is 379. The van der Waals surface area contributed by atoms with Gasteiger partial charge in [-0.05, 0) is 55.2 Å². The molecule has 0 unspecified atom stereocenters. The Morgan fingerprint density at radius 3 is 1.64 bits per heavy atom. The zero-order chi connectivity index (χ0) is 16.2. The Balaban J connectivity index is 2.72. The molecule has 0 heterocycles. The number of aromatic hydroxyl groups is 1. The Hall–Kier alpha value is -0.980. The van der Waals surface area contributed by atoms with E-state index in [0.717, 1.165) is 12.8 Å². The molecule has 0 spiro atoms. The van der Waals surface area contributed by atoms with Crippen LogP contribution in [-0.4, -0.2) is 5.11 Å². The van der Waals surface area contributed by atoms with Gasteiger partial charge < -0.3 is 5.11 Å². The van der Waals surface area contributed by atoms with Crippen LogP contribution in [0.3, 0.4) is 0 Å². The minimum absolute atomic E-state index is 0.580. The zero-order valence-corrected chi connectivity index (χ0v) is 15.1. The highest BCUT2D eigenvalue weighted by molar-refractivity contribution is 5.44. The second-order valence-corrected chi connectivity index (χ2v) is 6.63. The molecule has 1 heteroatoms. The first-order chi connectivity index (χ1) is 10.7. The van der Waals surface area contributed by atoms with Crippen molar-refractivity contribution in [2.45, 2.75) is 97.8 Å². The maximum atomic E-state index is 10.5. The minimum atomic E-state index is 0.580. The van der Waals surface area contributed by atoms with Crippen LogP contribution < -0.4 is 0 Å². The lowest BCUT2D eigenvalue weighted by Gasteiger charge is -2.13. The number of aryl methyl sites for hydroxylation is 3. The van der Waals surface area contributed by atoms with Gasteiger partial charge in [-0.25, -0.2) is 0 Å². The molecule has 0 aliphatic heterocycles. The molecule has 0 atom stereocenters. The third kappa shape index (κ3) is 6.85. The number of benzene rings is 1. The first kappa shape index (κ1) is 19.1. The molecule has 126 valence electrons. The second-order valence-electron chi connectivity index (χ2n) is 6.63. The fourth-order valence-corrected chi connectivity index (χ4v) is 3.02. The summed E-state index contributed by atoms with van der Waals surface area (Å²) in [4.78, 5) is 0. The lowest BCUT2D eigenvalue weighted by molar-refractivity contribution is 0.458. The van der Waals surface area contributed by atoms with Gasteiger partial charge in [0.05, 0.1) is 0 Å². The summed E-state index contributed by atoms with van der Waals surface area (Å²) in [6, 6.07) is 4.53. The van der Waals surface area contributed by atoms with Gasteiger partial charge in [-0.15, -0.1) is 0 Å². The smallest absolute Gasteiger partial charge is 0.121 e. The maximum Gasteiger partial charge on any atom is 0.121 e. The summed E-state index contributed by atoms with van der Waals surface area (Å²) in [5, 5.41) is 10.5. The molecule has 1 nitrogen and oxygen atoms in total. The normalized spacial score (nSPS) is 11.0. The quantitative estimate of drug-likeness (QED) is 0.432. The molecule has 1 rings (SSSR count). The summed E-state index contributed by atoms with van der Waals surface area (Å²) in [5.41, 5.74) is 3.80. The largest absolute Gasteiger partial charge is 0.507 e. The molecule has 0 saturated carbocycles. The SMILES string of the molecule is CCCCCCCc1cc(CCCC)c(O)c(CCCC)c1. The maximum absolute atomic E-state index is 10.5. The average molecular weight is 305 g/mol. The van der Waals surface area contributed by atoms with E-state index < -0.39 is 0 Å². The standard InChI is InChI=1S/C21H36O/c1-4-7-10-11-12-13-18-16-19(14-8-5-2)21(22)20(17-18)15-9-6-3/h16-17,22H,4-15H2,1-3H3. The van der Waals surface area contributed by atoms with Crippen molar-refractivity contribution in [3.05, 3.63) is 28.8 Å². The molecular weight excluding hydrogens is 268 g/mol. The third-order valence-electron chi connectivity index (χ3n) is 4.50. The van der Waals surface area contributed by atoms with Crippen LogP contribution in [0.2, 0.25) is 0 Å². The summed E-state index contributed by atoms with van der Waals surface area (Å²) in [5.74, 6) is 0.580. The van der Waals surface area contributed by atoms with Crippen LogP contribution in [0.25, 0.3) is 0 Å². The zero-order valence-electron chi connectivity index (χ0n) is 15.1. The van der Waals surface area contributed by atoms with Crippen molar-refractivity contribution in [1.82, 2.24) is 0 Å². The predicted octanol–water partition coefficient (Wildman–Crippen LogP) is 6.59. The predicted molar refractivity (Wildman–Crippen MR) is 97.8 cm³/mol. The van der Waals surface area contributed by atoms with E-state index in [1.54, 1.807) is 0 Å². The van der Waals surface area contributed by atoms with E-state index in [0.29, 0.717) is 5.75 Å². The minimum Gasteiger partial charge on any atom is -0.507 e. The van der Waals surface area contributed by atoms with E-state index in [1.807, 2.05) is 0 Å². The molecule has 0 bridgehead atoms. The van der Waals surface area contributed by atoms with Gasteiger partial charge in [-0.1, -0.05) is 71.4 Å². The molecule has 0 amide bonds. The monoisotopic (exact) mass is 304 g/mol. The summed E-state index contributed by atoms with van der Waals surface area (Å²) in [6.45, 7) is 6.69. The first-order valence-corrected chi connectivity index (χ1v) is 9.56. The van der Waals surface area contributed by atoms with E-state index in [1.165, 1.54) is 80.9 Å². The van der Waals surface area contributed by atoms with Gasteiger partial charge in [0.2, 0.25) is 0 Å². The van der Waals surface area contributed by atoms with Crippen molar-refractivity contribution in [2.75, 3.05) is 0 Å². The van der Waals surface area contributed by atoms with Crippen molar-refractivity contribution in [1.29, 1.82) is 0 Å². The highest BCUT2D eigenvalue weighted by atomic mass is 16.3. The third-order valence-corrected chi connectivity index (χ3v) is 4.50. The number of hydrogen-bond acceptors (Lipinski definition) is 1. The van der Waals surface area contributed by atoms with Crippen molar-refractivity contribution < 1.29 is 5.11 Å². The number of phenols is 1. The van der Waals surface area contributed by atoms with Crippen molar-refractivity contribution >= 4 is 0 Å². The number of phenolic OH excluding ortho intramolecular Hbond substituents is 1. The Kier molecular flexibility index (Phi) is 10.0. The van der Waals surface area contributed by atoms with Gasteiger partial charge in [-0.2, -0.15) is 0 Å². The Morgan fingerprint density at radius 2 is 1.14 bits per heavy atom. The molecule has 0 aliphatic rings. The molecule has 0 fully saturated rings. The fraction of sp³-hybridized carbons (Fsp3) is 0.714. The van der Waals surface area contributed by atoms with Crippen LogP contribution in [0.5, 0.6) is 5.75 Å². The number of unbranched alkanes of at least 4 members (excludes halogenated alkanes) is 6. The molecule has 0 saturated heterocycles. The molecule has 1 aromatic rings. The van der Waals surface area contributed by atoms with Crippen molar-refractivity contribution in [3.63, 3.8) is 0 Å². The van der Waals surface area contributed by atoms with E-state index >= 15 is 0 Å². The molecule has 1 aromatic carbocycles. The van der Waals surface area contributed by atoms with E-state index in [9.17, 15) is 5.11 Å². The van der Waals surface area contributed by atoms with E-state index in [-0.39, 0.29) is 0 Å². The first-order valence-electron chi connectivity index (χ1n) is 9.56. The lowest BCUT2D eigenvalue weighted by Crippen LogP contribution is -1.97. The second kappa shape index (κ2) is 11.6. The Labute approximate surface area is 138 Å². The molecular formula is C21H36O. The highest BCUT2D eigenvalue weighted by Gasteiger charge is 2.10. The molecule has 1 N–H and O–H groups in total. The average Bonchev–Trinajstić information content (AvgIpc) is 2.53. The van der Waals surface area contributed by atoms with Gasteiger partial charge in [0, 0.05) is 0 Å². The van der Waals surface area contributed by atoms with Gasteiger partial charge >= 0.3 is 0 Å². The molecule has 22 heavy (non-hydrogen) atoms. The Morgan fingerprint density at radius 1 is 0.636 bits per heavy atom. The van der Waals surface area contributed by atoms with Crippen molar-refractivity contribution in [3.8, 4) is 5.75 Å². The van der Waals surface area contributed by atoms with Gasteiger partial charge in [-0.3, -0.25) is 0 Å². The van der Waals surface area contributed by atoms with Crippen LogP contribution in [0.1, 0.15) is 95.2 Å². The molecule has 0 aromatic heterocycles. The number of rotatable bonds is 12. The van der Waals surface area contributed by atoms with Gasteiger partial charge in [0.15, 0.2) is 0 Å². The van der Waals surface area contributed by atoms with Crippen molar-refractivity contribution in [2.24, 2.45) is 0 Å². The van der Waals surface area contributed by atoms with E-state index in [2.05, 4.69) is 32.9 Å². The van der Waals surface area contributed by atoms with Crippen LogP contribution >= 0.6 is 0 Å². The van der Waals surface area contributed by atoms with Gasteiger partial charge in [0.25, 0.3) is 0 Å². The fourth-order valence-electron chi connectivity index (χ4n) is 3.02. The highest BCUT2D eigenvalue weighted by Crippen LogP contribution is 2.28. The topological polar surface area (TPSA) is 20.2 Å². The van der Waals surface area contributed by atoms with Gasteiger partial charge in [0.1, 0.15) is 5.75 Å². The molecule has 0 aliphatic carbocycles. The van der Waals surface area contributed by atoms with Crippen LogP contribution in [0, 0.1) is 0 Å². The van der Waals surface area contributed by atoms with Crippen LogP contribution in [0.4, 0.5) is 0 Å². The summed E-state index contributed by atoms with van der Waals surface area (Å²) < 4.78 is 0. The van der Waals surface area contributed by atoms with E-state index in [4.69, 9.17) is 0 Å². The summed E-state index contributed by atoms with van der Waals surface area (Å²) >= 11 is 0. The molecule has 0 radical (unpaired) electrons. The number of hydrogen-bond donors (Lipinski definition) is 1. The lowest BCUT2D eigenvalue weighted by atomic mass is 9.94. The summed E-state index contributed by atoms with van der Waals surface area (Å²) in [6.07, 6.45) is 14.6. The van der Waals surface area contributed by atoms with Crippen LogP contribution in [-0.2, 0) is 19.3 Å². The van der Waals surface area contributed by atoms with Crippen LogP contribution in [0.15, 0.2) is 12.1 Å². The summed E-state index contributed by atoms with van der Waals surface area (Å²) in [7, 11) is 0.